The Labute approximate surface area is 169 Å². The third kappa shape index (κ3) is 2.94. The molecular weight excluding hydrogens is 394 g/mol. The van der Waals surface area contributed by atoms with Gasteiger partial charge >= 0.3 is 6.03 Å². The van der Waals surface area contributed by atoms with Crippen LogP contribution in [0.25, 0.3) is 0 Å². The van der Waals surface area contributed by atoms with E-state index in [0.717, 1.165) is 28.9 Å². The Hall–Kier alpha value is -2.42. The minimum absolute atomic E-state index is 0.0164. The van der Waals surface area contributed by atoms with E-state index in [1.54, 1.807) is 4.90 Å². The van der Waals surface area contributed by atoms with Crippen LogP contribution < -0.4 is 5.32 Å². The molecule has 1 saturated carbocycles. The van der Waals surface area contributed by atoms with Gasteiger partial charge in [-0.05, 0) is 43.2 Å². The quantitative estimate of drug-likeness (QED) is 0.721. The van der Waals surface area contributed by atoms with Crippen molar-refractivity contribution in [2.75, 3.05) is 18.1 Å². The molecule has 2 aliphatic heterocycles. The van der Waals surface area contributed by atoms with Crippen LogP contribution in [0.4, 0.5) is 4.79 Å². The maximum absolute atomic E-state index is 13.2. The predicted octanol–water partition coefficient (Wildman–Crippen LogP) is 0.558. The number of fused-ring (bicyclic) bond motifs is 2. The van der Waals surface area contributed by atoms with Gasteiger partial charge in [0.2, 0.25) is 5.91 Å². The van der Waals surface area contributed by atoms with E-state index >= 15 is 0 Å². The molecule has 1 N–H and O–H groups in total. The van der Waals surface area contributed by atoms with E-state index < -0.39 is 27.3 Å². The highest BCUT2D eigenvalue weighted by Crippen LogP contribution is 2.41. The Bertz CT molecular complexity index is 1020. The SMILES string of the molecule is O=C1N[C@]2(CCc3ccccc32)C(=O)N1CC(=O)N(C1CC1)[C@@H]1CCS(=O)(=O)C1. The van der Waals surface area contributed by atoms with Crippen LogP contribution in [0.3, 0.4) is 0 Å². The number of hydrogen-bond acceptors (Lipinski definition) is 5. The molecule has 5 rings (SSSR count). The molecule has 8 nitrogen and oxygen atoms in total. The molecule has 0 radical (unpaired) electrons. The number of imide groups is 1. The first kappa shape index (κ1) is 18.6. The number of carbonyl (C=O) groups excluding carboxylic acids is 3. The maximum atomic E-state index is 13.2. The highest BCUT2D eigenvalue weighted by atomic mass is 32.2. The Morgan fingerprint density at radius 3 is 2.62 bits per heavy atom. The summed E-state index contributed by atoms with van der Waals surface area (Å²) >= 11 is 0. The topological polar surface area (TPSA) is 104 Å². The zero-order valence-corrected chi connectivity index (χ0v) is 16.8. The lowest BCUT2D eigenvalue weighted by Crippen LogP contribution is -2.49. The van der Waals surface area contributed by atoms with Crippen LogP contribution in [0.5, 0.6) is 0 Å². The molecule has 4 aliphatic rings. The summed E-state index contributed by atoms with van der Waals surface area (Å²) < 4.78 is 23.8. The van der Waals surface area contributed by atoms with Crippen LogP contribution in [0.15, 0.2) is 24.3 Å². The lowest BCUT2D eigenvalue weighted by atomic mass is 9.92. The summed E-state index contributed by atoms with van der Waals surface area (Å²) in [5.41, 5.74) is 0.744. The van der Waals surface area contributed by atoms with Gasteiger partial charge in [-0.3, -0.25) is 14.5 Å². The van der Waals surface area contributed by atoms with Crippen LogP contribution in [0, 0.1) is 0 Å². The highest BCUT2D eigenvalue weighted by Gasteiger charge is 2.56. The molecule has 154 valence electrons. The molecule has 0 bridgehead atoms. The summed E-state index contributed by atoms with van der Waals surface area (Å²) in [6.07, 6.45) is 3.26. The van der Waals surface area contributed by atoms with Crippen LogP contribution in [-0.2, 0) is 31.4 Å². The second-order valence-corrected chi connectivity index (χ2v) is 10.7. The van der Waals surface area contributed by atoms with Gasteiger partial charge in [-0.25, -0.2) is 13.2 Å². The molecule has 2 saturated heterocycles. The van der Waals surface area contributed by atoms with E-state index in [0.29, 0.717) is 19.3 Å². The van der Waals surface area contributed by atoms with Gasteiger partial charge in [-0.1, -0.05) is 24.3 Å². The molecule has 2 heterocycles. The smallest absolute Gasteiger partial charge is 0.325 e. The van der Waals surface area contributed by atoms with Crippen molar-refractivity contribution in [3.63, 3.8) is 0 Å². The second kappa shape index (κ2) is 6.29. The fourth-order valence-corrected chi connectivity index (χ4v) is 6.71. The van der Waals surface area contributed by atoms with Gasteiger partial charge in [0, 0.05) is 12.1 Å². The van der Waals surface area contributed by atoms with Crippen molar-refractivity contribution < 1.29 is 22.8 Å². The van der Waals surface area contributed by atoms with Gasteiger partial charge in [-0.15, -0.1) is 0 Å². The Kier molecular flexibility index (Phi) is 4.03. The molecule has 1 aromatic rings. The molecular formula is C20H23N3O5S. The van der Waals surface area contributed by atoms with E-state index in [9.17, 15) is 22.8 Å². The van der Waals surface area contributed by atoms with Gasteiger partial charge in [0.25, 0.3) is 5.91 Å². The summed E-state index contributed by atoms with van der Waals surface area (Å²) in [6.45, 7) is -0.346. The number of sulfone groups is 1. The number of hydrogen-bond donors (Lipinski definition) is 1. The second-order valence-electron chi connectivity index (χ2n) is 8.47. The van der Waals surface area contributed by atoms with E-state index in [1.165, 1.54) is 0 Å². The number of aryl methyl sites for hydroxylation is 1. The summed E-state index contributed by atoms with van der Waals surface area (Å²) in [4.78, 5) is 41.6. The zero-order valence-electron chi connectivity index (χ0n) is 16.0. The Morgan fingerprint density at radius 1 is 1.17 bits per heavy atom. The first-order valence-electron chi connectivity index (χ1n) is 10.0. The predicted molar refractivity (Wildman–Crippen MR) is 104 cm³/mol. The molecule has 4 amide bonds. The van der Waals surface area contributed by atoms with Crippen LogP contribution in [-0.4, -0.2) is 66.2 Å². The summed E-state index contributed by atoms with van der Waals surface area (Å²) in [7, 11) is -3.13. The first-order chi connectivity index (χ1) is 13.8. The van der Waals surface area contributed by atoms with Gasteiger partial charge in [0.15, 0.2) is 9.84 Å². The molecule has 0 unspecified atom stereocenters. The molecule has 0 aromatic heterocycles. The van der Waals surface area contributed by atoms with Crippen LogP contribution >= 0.6 is 0 Å². The summed E-state index contributed by atoms with van der Waals surface area (Å²) in [5.74, 6) is -0.693. The first-order valence-corrected chi connectivity index (χ1v) is 11.9. The van der Waals surface area contributed by atoms with E-state index in [2.05, 4.69) is 5.32 Å². The van der Waals surface area contributed by atoms with Crippen molar-refractivity contribution in [3.8, 4) is 0 Å². The molecule has 29 heavy (non-hydrogen) atoms. The number of carbonyl (C=O) groups is 3. The number of benzene rings is 1. The van der Waals surface area contributed by atoms with Crippen molar-refractivity contribution in [2.45, 2.75) is 49.7 Å². The van der Waals surface area contributed by atoms with Gasteiger partial charge in [-0.2, -0.15) is 0 Å². The normalized spacial score (nSPS) is 29.9. The van der Waals surface area contributed by atoms with Crippen molar-refractivity contribution in [3.05, 3.63) is 35.4 Å². The monoisotopic (exact) mass is 417 g/mol. The molecule has 1 aromatic carbocycles. The summed E-state index contributed by atoms with van der Waals surface area (Å²) in [5, 5.41) is 2.83. The molecule has 3 fully saturated rings. The molecule has 9 heteroatoms. The Morgan fingerprint density at radius 2 is 1.93 bits per heavy atom. The third-order valence-corrected chi connectivity index (χ3v) is 8.30. The number of amides is 4. The Balaban J connectivity index is 1.37. The van der Waals surface area contributed by atoms with E-state index in [-0.39, 0.29) is 36.0 Å². The molecule has 2 aliphatic carbocycles. The lowest BCUT2D eigenvalue weighted by molar-refractivity contribution is -0.140. The molecule has 1 spiro atoms. The number of urea groups is 1. The van der Waals surface area contributed by atoms with Gasteiger partial charge in [0.05, 0.1) is 11.5 Å². The van der Waals surface area contributed by atoms with E-state index in [1.807, 2.05) is 24.3 Å². The minimum Gasteiger partial charge on any atom is -0.334 e. The third-order valence-electron chi connectivity index (χ3n) is 6.55. The van der Waals surface area contributed by atoms with Crippen LogP contribution in [0.2, 0.25) is 0 Å². The molecule has 2 atom stereocenters. The fraction of sp³-hybridized carbons (Fsp3) is 0.550. The number of nitrogens with zero attached hydrogens (tertiary/aromatic N) is 2. The lowest BCUT2D eigenvalue weighted by Gasteiger charge is -2.30. The average Bonchev–Trinajstić information content (AvgIpc) is 3.29. The van der Waals surface area contributed by atoms with Crippen molar-refractivity contribution in [2.24, 2.45) is 0 Å². The number of nitrogens with one attached hydrogen (secondary N) is 1. The van der Waals surface area contributed by atoms with Crippen molar-refractivity contribution in [1.29, 1.82) is 0 Å². The average molecular weight is 417 g/mol. The van der Waals surface area contributed by atoms with Crippen molar-refractivity contribution >= 4 is 27.7 Å². The zero-order chi connectivity index (χ0) is 20.4. The van der Waals surface area contributed by atoms with Crippen LogP contribution in [0.1, 0.15) is 36.8 Å². The highest BCUT2D eigenvalue weighted by molar-refractivity contribution is 7.91. The number of rotatable bonds is 4. The van der Waals surface area contributed by atoms with Gasteiger partial charge in [0.1, 0.15) is 12.1 Å². The maximum Gasteiger partial charge on any atom is 0.325 e. The summed E-state index contributed by atoms with van der Waals surface area (Å²) in [6, 6.07) is 6.65. The van der Waals surface area contributed by atoms with Gasteiger partial charge < -0.3 is 10.2 Å². The fourth-order valence-electron chi connectivity index (χ4n) is 5.00. The largest absolute Gasteiger partial charge is 0.334 e. The van der Waals surface area contributed by atoms with Crippen molar-refractivity contribution in [1.82, 2.24) is 15.1 Å². The minimum atomic E-state index is -3.13. The standard InChI is InChI=1S/C20H23N3O5S/c24-17(23(14-5-6-14)15-8-10-29(27,28)12-15)11-22-18(25)20(21-19(22)26)9-7-13-3-1-2-4-16(13)20/h1-4,14-15H,5-12H2,(H,21,26)/t15-,20+/m1/s1. The van der Waals surface area contributed by atoms with E-state index in [4.69, 9.17) is 0 Å².